The van der Waals surface area contributed by atoms with E-state index in [4.69, 9.17) is 4.74 Å². The molecule has 0 aromatic heterocycles. The molecule has 106 valence electrons. The highest BCUT2D eigenvalue weighted by atomic mass is 16.5. The maximum absolute atomic E-state index is 10.2. The van der Waals surface area contributed by atoms with Crippen molar-refractivity contribution in [2.24, 2.45) is 0 Å². The van der Waals surface area contributed by atoms with Gasteiger partial charge < -0.3 is 20.1 Å². The minimum Gasteiger partial charge on any atom is -0.508 e. The predicted molar refractivity (Wildman–Crippen MR) is 77.8 cm³/mol. The summed E-state index contributed by atoms with van der Waals surface area (Å²) >= 11 is 0. The minimum absolute atomic E-state index is 0.173. The van der Waals surface area contributed by atoms with Gasteiger partial charge in [-0.05, 0) is 26.0 Å². The van der Waals surface area contributed by atoms with E-state index in [0.717, 1.165) is 50.5 Å². The van der Waals surface area contributed by atoms with E-state index in [2.05, 4.69) is 30.1 Å². The van der Waals surface area contributed by atoms with Crippen LogP contribution in [0.25, 0.3) is 0 Å². The van der Waals surface area contributed by atoms with Crippen LogP contribution in [0, 0.1) is 0 Å². The second-order valence-electron chi connectivity index (χ2n) is 4.98. The Kier molecular flexibility index (Phi) is 5.05. The Bertz CT molecular complexity index is 401. The molecule has 4 heteroatoms. The lowest BCUT2D eigenvalue weighted by molar-refractivity contribution is 0.152. The molecule has 0 bridgehead atoms. The summed E-state index contributed by atoms with van der Waals surface area (Å²) in [7, 11) is 0. The van der Waals surface area contributed by atoms with E-state index in [1.54, 1.807) is 0 Å². The molecule has 2 rings (SSSR count). The fraction of sp³-hybridized carbons (Fsp3) is 0.600. The second-order valence-corrected chi connectivity index (χ2v) is 4.98. The van der Waals surface area contributed by atoms with E-state index < -0.39 is 0 Å². The van der Waals surface area contributed by atoms with E-state index in [9.17, 15) is 5.11 Å². The Morgan fingerprint density at radius 2 is 2.21 bits per heavy atom. The molecule has 19 heavy (non-hydrogen) atoms. The molecule has 1 aliphatic rings. The molecule has 1 saturated heterocycles. The van der Waals surface area contributed by atoms with Crippen molar-refractivity contribution in [2.75, 3.05) is 37.7 Å². The monoisotopic (exact) mass is 264 g/mol. The number of ether oxygens (including phenoxy) is 1. The number of rotatable bonds is 4. The topological polar surface area (TPSA) is 44.7 Å². The molecule has 2 N–H and O–H groups in total. The molecule has 1 aromatic rings. The highest BCUT2D eigenvalue weighted by Gasteiger charge is 2.14. The number of phenols is 1. The molecule has 1 heterocycles. The Morgan fingerprint density at radius 1 is 1.37 bits per heavy atom. The smallest absolute Gasteiger partial charge is 0.122 e. The van der Waals surface area contributed by atoms with Crippen molar-refractivity contribution in [3.05, 3.63) is 23.8 Å². The van der Waals surface area contributed by atoms with E-state index >= 15 is 0 Å². The van der Waals surface area contributed by atoms with Gasteiger partial charge in [0.05, 0.1) is 6.61 Å². The summed E-state index contributed by atoms with van der Waals surface area (Å²) < 4.78 is 5.46. The first-order valence-electron chi connectivity index (χ1n) is 7.11. The van der Waals surface area contributed by atoms with Crippen molar-refractivity contribution < 1.29 is 9.84 Å². The van der Waals surface area contributed by atoms with Crippen LogP contribution in [0.4, 0.5) is 5.69 Å². The van der Waals surface area contributed by atoms with Crippen LogP contribution in [0.5, 0.6) is 5.75 Å². The summed E-state index contributed by atoms with van der Waals surface area (Å²) in [6.07, 6.45) is 1.04. The lowest BCUT2D eigenvalue weighted by atomic mass is 10.1. The summed E-state index contributed by atoms with van der Waals surface area (Å²) in [6, 6.07) is 6.15. The Balaban J connectivity index is 2.13. The average Bonchev–Trinajstić information content (AvgIpc) is 2.67. The lowest BCUT2D eigenvalue weighted by Crippen LogP contribution is -2.26. The van der Waals surface area contributed by atoms with Crippen molar-refractivity contribution in [1.29, 1.82) is 0 Å². The molecule has 1 fully saturated rings. The standard InChI is InChI=1S/C15H24N2O2/c1-3-16-12(2)14-6-5-13(11-15(14)18)17-7-4-9-19-10-8-17/h5-6,11-12,16,18H,3-4,7-10H2,1-2H3. The minimum atomic E-state index is 0.173. The van der Waals surface area contributed by atoms with Crippen molar-refractivity contribution in [3.8, 4) is 5.75 Å². The Morgan fingerprint density at radius 3 is 2.95 bits per heavy atom. The molecule has 0 amide bonds. The van der Waals surface area contributed by atoms with Gasteiger partial charge in [0.2, 0.25) is 0 Å². The third-order valence-electron chi connectivity index (χ3n) is 3.58. The van der Waals surface area contributed by atoms with Gasteiger partial charge in [0.1, 0.15) is 5.75 Å². The first-order valence-corrected chi connectivity index (χ1v) is 7.11. The van der Waals surface area contributed by atoms with Crippen LogP contribution in [-0.2, 0) is 4.74 Å². The fourth-order valence-corrected chi connectivity index (χ4v) is 2.52. The third-order valence-corrected chi connectivity index (χ3v) is 3.58. The molecule has 0 radical (unpaired) electrons. The Hall–Kier alpha value is -1.26. The lowest BCUT2D eigenvalue weighted by Gasteiger charge is -2.23. The zero-order valence-electron chi connectivity index (χ0n) is 11.9. The van der Waals surface area contributed by atoms with Crippen LogP contribution < -0.4 is 10.2 Å². The summed E-state index contributed by atoms with van der Waals surface area (Å²) in [5.74, 6) is 0.371. The first kappa shape index (κ1) is 14.2. The molecule has 1 aromatic carbocycles. The van der Waals surface area contributed by atoms with Crippen molar-refractivity contribution >= 4 is 5.69 Å². The normalized spacial score (nSPS) is 18.1. The molecule has 1 atom stereocenters. The zero-order chi connectivity index (χ0) is 13.7. The molecule has 0 spiro atoms. The van der Waals surface area contributed by atoms with Gasteiger partial charge in [-0.25, -0.2) is 0 Å². The predicted octanol–water partition coefficient (Wildman–Crippen LogP) is 2.29. The quantitative estimate of drug-likeness (QED) is 0.876. The van der Waals surface area contributed by atoms with Gasteiger partial charge in [-0.1, -0.05) is 13.0 Å². The van der Waals surface area contributed by atoms with Crippen LogP contribution in [0.15, 0.2) is 18.2 Å². The van der Waals surface area contributed by atoms with Gasteiger partial charge in [-0.2, -0.15) is 0 Å². The second kappa shape index (κ2) is 6.78. The van der Waals surface area contributed by atoms with Gasteiger partial charge >= 0.3 is 0 Å². The van der Waals surface area contributed by atoms with Gasteiger partial charge in [0.15, 0.2) is 0 Å². The van der Waals surface area contributed by atoms with Crippen molar-refractivity contribution in [1.82, 2.24) is 5.32 Å². The molecular weight excluding hydrogens is 240 g/mol. The van der Waals surface area contributed by atoms with Crippen LogP contribution in [0.3, 0.4) is 0 Å². The van der Waals surface area contributed by atoms with Crippen LogP contribution >= 0.6 is 0 Å². The van der Waals surface area contributed by atoms with Crippen molar-refractivity contribution in [3.63, 3.8) is 0 Å². The molecule has 0 aliphatic carbocycles. The van der Waals surface area contributed by atoms with Gasteiger partial charge in [0.25, 0.3) is 0 Å². The Labute approximate surface area is 115 Å². The highest BCUT2D eigenvalue weighted by molar-refractivity contribution is 5.54. The summed E-state index contributed by atoms with van der Waals surface area (Å²) in [6.45, 7) is 8.50. The number of aromatic hydroxyl groups is 1. The fourth-order valence-electron chi connectivity index (χ4n) is 2.52. The van der Waals surface area contributed by atoms with E-state index in [1.165, 1.54) is 0 Å². The SMILES string of the molecule is CCNC(C)c1ccc(N2CCCOCC2)cc1O. The van der Waals surface area contributed by atoms with Crippen LogP contribution in [0.1, 0.15) is 31.9 Å². The number of hydrogen-bond acceptors (Lipinski definition) is 4. The van der Waals surface area contributed by atoms with Gasteiger partial charge in [0, 0.05) is 43.1 Å². The van der Waals surface area contributed by atoms with Gasteiger partial charge in [-0.3, -0.25) is 0 Å². The average molecular weight is 264 g/mol. The largest absolute Gasteiger partial charge is 0.508 e. The maximum Gasteiger partial charge on any atom is 0.122 e. The van der Waals surface area contributed by atoms with E-state index in [0.29, 0.717) is 5.75 Å². The van der Waals surface area contributed by atoms with Crippen LogP contribution in [-0.4, -0.2) is 38.0 Å². The van der Waals surface area contributed by atoms with Crippen LogP contribution in [0.2, 0.25) is 0 Å². The molecule has 1 aliphatic heterocycles. The number of hydrogen-bond donors (Lipinski definition) is 2. The van der Waals surface area contributed by atoms with E-state index in [1.807, 2.05) is 12.1 Å². The third kappa shape index (κ3) is 3.61. The maximum atomic E-state index is 10.2. The number of nitrogens with one attached hydrogen (secondary N) is 1. The first-order chi connectivity index (χ1) is 9.22. The number of nitrogens with zero attached hydrogens (tertiary/aromatic N) is 1. The number of benzene rings is 1. The molecule has 1 unspecified atom stereocenters. The number of phenolic OH excluding ortho intramolecular Hbond substituents is 1. The molecule has 4 nitrogen and oxygen atoms in total. The molecular formula is C15H24N2O2. The van der Waals surface area contributed by atoms with Crippen molar-refractivity contribution in [2.45, 2.75) is 26.3 Å². The van der Waals surface area contributed by atoms with E-state index in [-0.39, 0.29) is 6.04 Å². The van der Waals surface area contributed by atoms with Gasteiger partial charge in [-0.15, -0.1) is 0 Å². The summed E-state index contributed by atoms with van der Waals surface area (Å²) in [4.78, 5) is 2.27. The summed E-state index contributed by atoms with van der Waals surface area (Å²) in [5, 5.41) is 13.5. The zero-order valence-corrected chi connectivity index (χ0v) is 11.9. The summed E-state index contributed by atoms with van der Waals surface area (Å²) in [5.41, 5.74) is 2.03. The highest BCUT2D eigenvalue weighted by Crippen LogP contribution is 2.29. The molecule has 0 saturated carbocycles. The number of anilines is 1.